The van der Waals surface area contributed by atoms with E-state index in [1.54, 1.807) is 0 Å². The van der Waals surface area contributed by atoms with Gasteiger partial charge in [0.05, 0.1) is 24.8 Å². The number of ether oxygens (including phenoxy) is 1. The van der Waals surface area contributed by atoms with E-state index in [0.717, 1.165) is 31.4 Å². The highest BCUT2D eigenvalue weighted by molar-refractivity contribution is 14.0. The van der Waals surface area contributed by atoms with Crippen LogP contribution >= 0.6 is 24.0 Å². The Morgan fingerprint density at radius 2 is 2.05 bits per heavy atom. The van der Waals surface area contributed by atoms with Crippen molar-refractivity contribution in [3.63, 3.8) is 0 Å². The molecule has 2 N–H and O–H groups in total. The van der Waals surface area contributed by atoms with Crippen molar-refractivity contribution in [2.45, 2.75) is 63.3 Å². The molecule has 0 radical (unpaired) electrons. The number of aliphatic imine (C=N–C) groups is 1. The Kier molecular flexibility index (Phi) is 6.76. The van der Waals surface area contributed by atoms with Gasteiger partial charge < -0.3 is 20.3 Å². The van der Waals surface area contributed by atoms with E-state index >= 15 is 0 Å². The Labute approximate surface area is 151 Å². The highest BCUT2D eigenvalue weighted by atomic mass is 127. The molecule has 2 saturated heterocycles. The van der Waals surface area contributed by atoms with Crippen LogP contribution in [0.3, 0.4) is 0 Å². The third-order valence-corrected chi connectivity index (χ3v) is 5.04. The number of rotatable bonds is 6. The Morgan fingerprint density at radius 3 is 2.55 bits per heavy atom. The fourth-order valence-electron chi connectivity index (χ4n) is 3.69. The summed E-state index contributed by atoms with van der Waals surface area (Å²) in [4.78, 5) is 7.17. The second-order valence-electron chi connectivity index (χ2n) is 6.95. The second kappa shape index (κ2) is 8.15. The summed E-state index contributed by atoms with van der Waals surface area (Å²) in [5.74, 6) is 1.81. The van der Waals surface area contributed by atoms with Crippen LogP contribution in [0.1, 0.15) is 39.0 Å². The lowest BCUT2D eigenvalue weighted by atomic mass is 9.96. The summed E-state index contributed by atoms with van der Waals surface area (Å²) in [6, 6.07) is 1.03. The Morgan fingerprint density at radius 1 is 1.27 bits per heavy atom. The number of halogens is 1. The average molecular weight is 422 g/mol. The molecule has 2 heterocycles. The van der Waals surface area contributed by atoms with E-state index < -0.39 is 0 Å². The van der Waals surface area contributed by atoms with Gasteiger partial charge in [-0.2, -0.15) is 0 Å². The fraction of sp³-hybridized carbons (Fsp3) is 0.938. The van der Waals surface area contributed by atoms with Crippen LogP contribution < -0.4 is 10.6 Å². The summed E-state index contributed by atoms with van der Waals surface area (Å²) in [5, 5.41) is 6.98. The number of nitrogens with zero attached hydrogens (tertiary/aromatic N) is 2. The lowest BCUT2D eigenvalue weighted by Gasteiger charge is -2.25. The van der Waals surface area contributed by atoms with E-state index in [4.69, 9.17) is 9.73 Å². The second-order valence-corrected chi connectivity index (χ2v) is 6.95. The van der Waals surface area contributed by atoms with E-state index in [2.05, 4.69) is 36.6 Å². The molecule has 22 heavy (non-hydrogen) atoms. The van der Waals surface area contributed by atoms with Crippen molar-refractivity contribution in [3.8, 4) is 0 Å². The molecular formula is C16H31IN4O. The summed E-state index contributed by atoms with van der Waals surface area (Å²) in [7, 11) is 4.34. The molecule has 4 atom stereocenters. The maximum atomic E-state index is 5.92. The molecule has 0 aromatic rings. The van der Waals surface area contributed by atoms with Gasteiger partial charge in [-0.05, 0) is 59.0 Å². The molecular weight excluding hydrogens is 391 g/mol. The van der Waals surface area contributed by atoms with Crippen LogP contribution in [0, 0.1) is 5.92 Å². The van der Waals surface area contributed by atoms with E-state index in [1.165, 1.54) is 25.7 Å². The van der Waals surface area contributed by atoms with Crippen molar-refractivity contribution >= 4 is 29.9 Å². The molecule has 0 amide bonds. The van der Waals surface area contributed by atoms with Gasteiger partial charge in [-0.3, -0.25) is 4.99 Å². The summed E-state index contributed by atoms with van der Waals surface area (Å²) in [6.07, 6.45) is 7.17. The molecule has 3 fully saturated rings. The Hall–Kier alpha value is -0.0800. The van der Waals surface area contributed by atoms with E-state index in [9.17, 15) is 0 Å². The minimum absolute atomic E-state index is 0. The number of likely N-dealkylation sites (N-methyl/N-ethyl adjacent to an activating group) is 1. The Balaban J connectivity index is 0.00000176. The average Bonchev–Trinajstić information content (AvgIpc) is 3.06. The zero-order valence-corrected chi connectivity index (χ0v) is 16.4. The van der Waals surface area contributed by atoms with Gasteiger partial charge in [0.15, 0.2) is 5.96 Å². The molecule has 0 spiro atoms. The largest absolute Gasteiger partial charge is 0.373 e. The van der Waals surface area contributed by atoms with Crippen molar-refractivity contribution in [2.24, 2.45) is 10.9 Å². The van der Waals surface area contributed by atoms with Gasteiger partial charge in [0.1, 0.15) is 0 Å². The van der Waals surface area contributed by atoms with Gasteiger partial charge in [-0.1, -0.05) is 0 Å². The standard InChI is InChI=1S/C16H30N4O.HI/c1-4-17-16(18-10-14(20(2)3)11-5-6-11)19-13-9-12-7-8-15(13)21-12;/h11-15H,4-10H2,1-3H3,(H2,17,18,19);1H. The third kappa shape index (κ3) is 4.47. The normalized spacial score (nSPS) is 32.0. The topological polar surface area (TPSA) is 48.9 Å². The molecule has 128 valence electrons. The van der Waals surface area contributed by atoms with Crippen LogP contribution in [-0.2, 0) is 4.74 Å². The predicted molar refractivity (Wildman–Crippen MR) is 101 cm³/mol. The monoisotopic (exact) mass is 422 g/mol. The molecule has 2 aliphatic heterocycles. The van der Waals surface area contributed by atoms with Gasteiger partial charge in [-0.25, -0.2) is 0 Å². The van der Waals surface area contributed by atoms with Crippen LogP contribution in [0.15, 0.2) is 4.99 Å². The molecule has 4 unspecified atom stereocenters. The van der Waals surface area contributed by atoms with Crippen molar-refractivity contribution in [3.05, 3.63) is 0 Å². The summed E-state index contributed by atoms with van der Waals surface area (Å²) >= 11 is 0. The van der Waals surface area contributed by atoms with E-state index in [-0.39, 0.29) is 24.0 Å². The molecule has 1 aliphatic carbocycles. The van der Waals surface area contributed by atoms with Crippen LogP contribution in [0.5, 0.6) is 0 Å². The number of nitrogens with one attached hydrogen (secondary N) is 2. The quantitative estimate of drug-likeness (QED) is 0.390. The van der Waals surface area contributed by atoms with Gasteiger partial charge in [0, 0.05) is 12.6 Å². The van der Waals surface area contributed by atoms with E-state index in [1.807, 2.05) is 0 Å². The lowest BCUT2D eigenvalue weighted by molar-refractivity contribution is 0.0992. The first-order valence-corrected chi connectivity index (χ1v) is 8.54. The minimum Gasteiger partial charge on any atom is -0.373 e. The van der Waals surface area contributed by atoms with Crippen molar-refractivity contribution in [2.75, 3.05) is 27.2 Å². The molecule has 3 aliphatic rings. The van der Waals surface area contributed by atoms with Crippen LogP contribution in [0.2, 0.25) is 0 Å². The molecule has 1 saturated carbocycles. The van der Waals surface area contributed by atoms with Gasteiger partial charge in [0.2, 0.25) is 0 Å². The highest BCUT2D eigenvalue weighted by Crippen LogP contribution is 2.35. The summed E-state index contributed by atoms with van der Waals surface area (Å²) < 4.78 is 5.92. The van der Waals surface area contributed by atoms with Gasteiger partial charge >= 0.3 is 0 Å². The highest BCUT2D eigenvalue weighted by Gasteiger charge is 2.41. The van der Waals surface area contributed by atoms with Crippen LogP contribution in [-0.4, -0.2) is 62.3 Å². The summed E-state index contributed by atoms with van der Waals surface area (Å²) in [5.41, 5.74) is 0. The first-order chi connectivity index (χ1) is 10.2. The van der Waals surface area contributed by atoms with Crippen LogP contribution in [0.25, 0.3) is 0 Å². The molecule has 5 nitrogen and oxygen atoms in total. The van der Waals surface area contributed by atoms with E-state index in [0.29, 0.717) is 24.3 Å². The number of hydrogen-bond donors (Lipinski definition) is 2. The van der Waals surface area contributed by atoms with Crippen molar-refractivity contribution in [1.82, 2.24) is 15.5 Å². The lowest BCUT2D eigenvalue weighted by Crippen LogP contribution is -2.48. The minimum atomic E-state index is 0. The van der Waals surface area contributed by atoms with Crippen molar-refractivity contribution in [1.29, 1.82) is 0 Å². The SMILES string of the molecule is CCNC(=NCC(C1CC1)N(C)C)NC1CC2CCC1O2.I. The third-order valence-electron chi connectivity index (χ3n) is 5.04. The zero-order chi connectivity index (χ0) is 14.8. The number of hydrogen-bond acceptors (Lipinski definition) is 3. The van der Waals surface area contributed by atoms with Crippen LogP contribution in [0.4, 0.5) is 0 Å². The molecule has 3 rings (SSSR count). The first-order valence-electron chi connectivity index (χ1n) is 8.54. The predicted octanol–water partition coefficient (Wildman–Crippen LogP) is 1.82. The van der Waals surface area contributed by atoms with Gasteiger partial charge in [0.25, 0.3) is 0 Å². The maximum Gasteiger partial charge on any atom is 0.191 e. The fourth-order valence-corrected chi connectivity index (χ4v) is 3.69. The summed E-state index contributed by atoms with van der Waals surface area (Å²) in [6.45, 7) is 3.91. The zero-order valence-electron chi connectivity index (χ0n) is 14.0. The number of guanidine groups is 1. The molecule has 6 heteroatoms. The smallest absolute Gasteiger partial charge is 0.191 e. The number of fused-ring (bicyclic) bond motifs is 2. The Bertz CT molecular complexity index is 384. The molecule has 0 aromatic heterocycles. The van der Waals surface area contributed by atoms with Crippen molar-refractivity contribution < 1.29 is 4.74 Å². The molecule has 0 aromatic carbocycles. The molecule has 2 bridgehead atoms. The first kappa shape index (κ1) is 18.3. The maximum absolute atomic E-state index is 5.92. The van der Waals surface area contributed by atoms with Gasteiger partial charge in [-0.15, -0.1) is 24.0 Å².